The molecule has 0 aromatic heterocycles. The van der Waals surface area contributed by atoms with Crippen molar-refractivity contribution in [1.82, 2.24) is 9.80 Å². The summed E-state index contributed by atoms with van der Waals surface area (Å²) in [5, 5.41) is 11.8. The normalized spacial score (nSPS) is 27.8. The molecule has 0 spiro atoms. The van der Waals surface area contributed by atoms with E-state index in [9.17, 15) is 5.11 Å². The van der Waals surface area contributed by atoms with Gasteiger partial charge in [0.1, 0.15) is 5.60 Å². The highest BCUT2D eigenvalue weighted by atomic mass is 16.3. The van der Waals surface area contributed by atoms with Gasteiger partial charge in [0.2, 0.25) is 0 Å². The van der Waals surface area contributed by atoms with Gasteiger partial charge in [-0.15, -0.1) is 0 Å². The van der Waals surface area contributed by atoms with Gasteiger partial charge in [-0.3, -0.25) is 9.80 Å². The molecular weight excluding hydrogens is 272 g/mol. The van der Waals surface area contributed by atoms with Gasteiger partial charge in [0.25, 0.3) is 0 Å². The van der Waals surface area contributed by atoms with Crippen LogP contribution in [0, 0.1) is 0 Å². The van der Waals surface area contributed by atoms with E-state index in [4.69, 9.17) is 0 Å². The Morgan fingerprint density at radius 2 is 1.27 bits per heavy atom. The van der Waals surface area contributed by atoms with Crippen molar-refractivity contribution in [2.24, 2.45) is 0 Å². The second-order valence-electron chi connectivity index (χ2n) is 6.35. The second kappa shape index (κ2) is 5.51. The van der Waals surface area contributed by atoms with E-state index in [-0.39, 0.29) is 6.04 Å². The molecule has 0 saturated carbocycles. The standard InChI is InChI=1S/C19H22N2O/c22-19(16-7-3-1-4-8-16,17-9-5-2-6-10-17)18-15-20-11-13-21(18)14-12-20/h1-10,18,22H,11-15H2. The lowest BCUT2D eigenvalue weighted by molar-refractivity contribution is -0.0879. The third-order valence-electron chi connectivity index (χ3n) is 5.19. The number of aliphatic hydroxyl groups is 1. The smallest absolute Gasteiger partial charge is 0.131 e. The fraction of sp³-hybridized carbons (Fsp3) is 0.368. The largest absolute Gasteiger partial charge is 0.379 e. The van der Waals surface area contributed by atoms with E-state index in [0.29, 0.717) is 0 Å². The molecule has 3 saturated heterocycles. The van der Waals surface area contributed by atoms with Crippen molar-refractivity contribution in [3.05, 3.63) is 71.8 Å². The van der Waals surface area contributed by atoms with E-state index < -0.39 is 5.60 Å². The Kier molecular flexibility index (Phi) is 3.49. The van der Waals surface area contributed by atoms with E-state index in [1.807, 2.05) is 60.7 Å². The highest BCUT2D eigenvalue weighted by Gasteiger charge is 2.47. The van der Waals surface area contributed by atoms with E-state index in [1.165, 1.54) is 0 Å². The van der Waals surface area contributed by atoms with Crippen LogP contribution >= 0.6 is 0 Å². The van der Waals surface area contributed by atoms with Crippen LogP contribution in [-0.2, 0) is 5.60 Å². The number of rotatable bonds is 3. The van der Waals surface area contributed by atoms with Gasteiger partial charge in [0.05, 0.1) is 6.04 Å². The van der Waals surface area contributed by atoms with Crippen molar-refractivity contribution in [2.45, 2.75) is 11.6 Å². The van der Waals surface area contributed by atoms with Gasteiger partial charge in [-0.1, -0.05) is 60.7 Å². The molecule has 2 bridgehead atoms. The topological polar surface area (TPSA) is 26.7 Å². The zero-order chi connectivity index (χ0) is 15.0. The van der Waals surface area contributed by atoms with Crippen LogP contribution in [0.5, 0.6) is 0 Å². The van der Waals surface area contributed by atoms with Gasteiger partial charge < -0.3 is 5.11 Å². The van der Waals surface area contributed by atoms with Crippen molar-refractivity contribution in [1.29, 1.82) is 0 Å². The molecule has 0 aliphatic carbocycles. The van der Waals surface area contributed by atoms with E-state index >= 15 is 0 Å². The van der Waals surface area contributed by atoms with Gasteiger partial charge >= 0.3 is 0 Å². The van der Waals surface area contributed by atoms with Crippen molar-refractivity contribution in [3.63, 3.8) is 0 Å². The van der Waals surface area contributed by atoms with E-state index in [2.05, 4.69) is 9.80 Å². The predicted octanol–water partition coefficient (Wildman–Crippen LogP) is 1.92. The van der Waals surface area contributed by atoms with E-state index in [1.54, 1.807) is 0 Å². The van der Waals surface area contributed by atoms with Gasteiger partial charge in [0, 0.05) is 32.7 Å². The number of benzene rings is 2. The summed E-state index contributed by atoms with van der Waals surface area (Å²) in [6, 6.07) is 20.4. The summed E-state index contributed by atoms with van der Waals surface area (Å²) in [5.74, 6) is 0. The molecule has 1 unspecified atom stereocenters. The molecule has 2 aromatic carbocycles. The molecule has 3 fully saturated rings. The minimum absolute atomic E-state index is 0.111. The summed E-state index contributed by atoms with van der Waals surface area (Å²) < 4.78 is 0. The molecule has 1 atom stereocenters. The van der Waals surface area contributed by atoms with Gasteiger partial charge in [0.15, 0.2) is 0 Å². The zero-order valence-electron chi connectivity index (χ0n) is 12.7. The zero-order valence-corrected chi connectivity index (χ0v) is 12.7. The molecule has 3 aliphatic rings. The van der Waals surface area contributed by atoms with Crippen LogP contribution in [0.3, 0.4) is 0 Å². The first kappa shape index (κ1) is 13.9. The maximum absolute atomic E-state index is 11.8. The molecule has 0 radical (unpaired) electrons. The van der Waals surface area contributed by atoms with Crippen LogP contribution in [0.2, 0.25) is 0 Å². The minimum Gasteiger partial charge on any atom is -0.379 e. The number of nitrogens with zero attached hydrogens (tertiary/aromatic N) is 2. The van der Waals surface area contributed by atoms with Gasteiger partial charge in [-0.05, 0) is 11.1 Å². The fourth-order valence-corrected chi connectivity index (χ4v) is 3.95. The SMILES string of the molecule is OC(c1ccccc1)(c1ccccc1)C1CN2CCN1CC2. The van der Waals surface area contributed by atoms with Crippen molar-refractivity contribution in [3.8, 4) is 0 Å². The summed E-state index contributed by atoms with van der Waals surface area (Å²) in [6.07, 6.45) is 0. The van der Waals surface area contributed by atoms with Crippen LogP contribution in [-0.4, -0.2) is 53.7 Å². The third kappa shape index (κ3) is 2.17. The number of hydrogen-bond acceptors (Lipinski definition) is 3. The third-order valence-corrected chi connectivity index (χ3v) is 5.19. The van der Waals surface area contributed by atoms with Crippen LogP contribution in [0.25, 0.3) is 0 Å². The first-order valence-electron chi connectivity index (χ1n) is 8.08. The highest BCUT2D eigenvalue weighted by molar-refractivity contribution is 5.38. The first-order valence-corrected chi connectivity index (χ1v) is 8.08. The van der Waals surface area contributed by atoms with E-state index in [0.717, 1.165) is 43.9 Å². The molecule has 5 rings (SSSR count). The Morgan fingerprint density at radius 1 is 0.773 bits per heavy atom. The summed E-state index contributed by atoms with van der Waals surface area (Å²) in [4.78, 5) is 4.93. The molecule has 3 aliphatic heterocycles. The molecule has 2 aromatic rings. The average Bonchev–Trinajstić information content (AvgIpc) is 2.63. The van der Waals surface area contributed by atoms with Crippen LogP contribution < -0.4 is 0 Å². The van der Waals surface area contributed by atoms with Crippen molar-refractivity contribution < 1.29 is 5.11 Å². The lowest BCUT2D eigenvalue weighted by atomic mass is 9.77. The number of piperazine rings is 3. The number of fused-ring (bicyclic) bond motifs is 3. The molecule has 114 valence electrons. The maximum atomic E-state index is 11.8. The average molecular weight is 294 g/mol. The Labute approximate surface area is 131 Å². The molecule has 3 heteroatoms. The summed E-state index contributed by atoms with van der Waals surface area (Å²) >= 11 is 0. The summed E-state index contributed by atoms with van der Waals surface area (Å²) in [7, 11) is 0. The fourth-order valence-electron chi connectivity index (χ4n) is 3.95. The molecule has 1 N–H and O–H groups in total. The highest BCUT2D eigenvalue weighted by Crippen LogP contribution is 2.38. The van der Waals surface area contributed by atoms with Crippen molar-refractivity contribution >= 4 is 0 Å². The monoisotopic (exact) mass is 294 g/mol. The first-order chi connectivity index (χ1) is 10.8. The molecule has 22 heavy (non-hydrogen) atoms. The minimum atomic E-state index is -0.957. The number of hydrogen-bond donors (Lipinski definition) is 1. The lowest BCUT2D eigenvalue weighted by Gasteiger charge is -2.53. The molecular formula is C19H22N2O. The maximum Gasteiger partial charge on any atom is 0.131 e. The van der Waals surface area contributed by atoms with Gasteiger partial charge in [-0.25, -0.2) is 0 Å². The summed E-state index contributed by atoms with van der Waals surface area (Å²) in [6.45, 7) is 5.27. The van der Waals surface area contributed by atoms with Crippen LogP contribution in [0.4, 0.5) is 0 Å². The predicted molar refractivity (Wildman–Crippen MR) is 87.7 cm³/mol. The second-order valence-corrected chi connectivity index (χ2v) is 6.35. The lowest BCUT2D eigenvalue weighted by Crippen LogP contribution is -2.67. The van der Waals surface area contributed by atoms with Crippen LogP contribution in [0.1, 0.15) is 11.1 Å². The Morgan fingerprint density at radius 3 is 1.68 bits per heavy atom. The van der Waals surface area contributed by atoms with Crippen LogP contribution in [0.15, 0.2) is 60.7 Å². The van der Waals surface area contributed by atoms with Crippen molar-refractivity contribution in [2.75, 3.05) is 32.7 Å². The van der Waals surface area contributed by atoms with Gasteiger partial charge in [-0.2, -0.15) is 0 Å². The quantitative estimate of drug-likeness (QED) is 0.937. The Hall–Kier alpha value is -1.68. The summed E-state index contributed by atoms with van der Waals surface area (Å²) in [5.41, 5.74) is 1.02. The molecule has 3 heterocycles. The molecule has 0 amide bonds. The Balaban J connectivity index is 1.82. The molecule has 3 nitrogen and oxygen atoms in total. The Bertz CT molecular complexity index is 581.